The largest absolute Gasteiger partial charge is 0.496 e. The number of nitrogens with zero attached hydrogens (tertiary/aromatic N) is 4. The predicted molar refractivity (Wildman–Crippen MR) is 137 cm³/mol. The van der Waals surface area contributed by atoms with Crippen molar-refractivity contribution >= 4 is 35.4 Å². The molecule has 0 saturated heterocycles. The van der Waals surface area contributed by atoms with Crippen LogP contribution in [-0.2, 0) is 0 Å². The number of carbonyl (C=O) groups excluding carboxylic acids is 1. The number of aromatic nitrogens is 2. The third kappa shape index (κ3) is 4.22. The van der Waals surface area contributed by atoms with E-state index in [4.69, 9.17) is 9.72 Å². The Bertz CT molecular complexity index is 1390. The Hall–Kier alpha value is -4.56. The lowest BCUT2D eigenvalue weighted by atomic mass is 10.1. The molecule has 1 aliphatic heterocycles. The number of hydrogen-bond donors (Lipinski definition) is 2. The third-order valence-electron chi connectivity index (χ3n) is 5.91. The Morgan fingerprint density at radius 3 is 2.51 bits per heavy atom. The maximum atomic E-state index is 13.5. The van der Waals surface area contributed by atoms with Crippen LogP contribution in [0.1, 0.15) is 28.9 Å². The van der Waals surface area contributed by atoms with E-state index >= 15 is 0 Å². The molecule has 1 aliphatic rings. The fourth-order valence-corrected chi connectivity index (χ4v) is 4.10. The van der Waals surface area contributed by atoms with Crippen LogP contribution in [-0.4, -0.2) is 29.3 Å². The van der Waals surface area contributed by atoms with Gasteiger partial charge in [-0.25, -0.2) is 4.98 Å². The highest BCUT2D eigenvalue weighted by molar-refractivity contribution is 6.02. The number of quaternary nitrogens is 1. The van der Waals surface area contributed by atoms with Gasteiger partial charge in [-0.05, 0) is 30.7 Å². The number of para-hydroxylation sites is 3. The lowest BCUT2D eigenvalue weighted by Crippen LogP contribution is -2.56. The van der Waals surface area contributed by atoms with Crippen molar-refractivity contribution < 1.29 is 9.53 Å². The molecule has 0 saturated carbocycles. The van der Waals surface area contributed by atoms with Crippen LogP contribution in [0.3, 0.4) is 0 Å². The molecule has 0 radical (unpaired) electrons. The van der Waals surface area contributed by atoms with Crippen molar-refractivity contribution in [1.29, 1.82) is 0 Å². The Morgan fingerprint density at radius 2 is 1.69 bits per heavy atom. The molecule has 8 heteroatoms. The zero-order chi connectivity index (χ0) is 24.3. The third-order valence-corrected chi connectivity index (χ3v) is 5.91. The zero-order valence-electron chi connectivity index (χ0n) is 19.4. The van der Waals surface area contributed by atoms with Crippen LogP contribution in [0, 0.1) is 0 Å². The number of amides is 1. The minimum Gasteiger partial charge on any atom is -0.496 e. The van der Waals surface area contributed by atoms with Crippen molar-refractivity contribution in [2.75, 3.05) is 12.4 Å². The number of aliphatic imine (C=N–C) groups is 1. The fourth-order valence-electron chi connectivity index (χ4n) is 4.10. The molecule has 35 heavy (non-hydrogen) atoms. The van der Waals surface area contributed by atoms with Gasteiger partial charge >= 0.3 is 5.91 Å². The predicted octanol–water partition coefficient (Wildman–Crippen LogP) is 5.32. The second kappa shape index (κ2) is 9.36. The first-order valence-electron chi connectivity index (χ1n) is 11.2. The maximum absolute atomic E-state index is 13.5. The van der Waals surface area contributed by atoms with E-state index in [1.165, 1.54) is 0 Å². The summed E-state index contributed by atoms with van der Waals surface area (Å²) in [6.45, 7) is 2.05. The van der Waals surface area contributed by atoms with E-state index in [2.05, 4.69) is 20.7 Å². The van der Waals surface area contributed by atoms with E-state index < -0.39 is 0 Å². The molecule has 174 valence electrons. The first-order valence-corrected chi connectivity index (χ1v) is 11.2. The highest BCUT2D eigenvalue weighted by atomic mass is 16.5. The monoisotopic (exact) mass is 465 g/mol. The molecule has 5 rings (SSSR count). The van der Waals surface area contributed by atoms with Crippen molar-refractivity contribution in [2.45, 2.75) is 13.0 Å². The molecule has 0 aliphatic carbocycles. The van der Waals surface area contributed by atoms with Crippen molar-refractivity contribution in [1.82, 2.24) is 20.0 Å². The first kappa shape index (κ1) is 22.2. The maximum Gasteiger partial charge on any atom is 0.300 e. The molecule has 2 heterocycles. The average Bonchev–Trinajstić information content (AvgIpc) is 3.28. The van der Waals surface area contributed by atoms with Gasteiger partial charge in [0, 0.05) is 18.3 Å². The smallest absolute Gasteiger partial charge is 0.300 e. The SMILES string of the molecule is COc1ccccc1C(=O)N[N+]1(c2ccnc(NC(C)c3ccccc3)n2)C=Nc2ccccc21. The number of rotatable bonds is 7. The summed E-state index contributed by atoms with van der Waals surface area (Å²) in [5.74, 6) is 1.14. The zero-order valence-corrected chi connectivity index (χ0v) is 19.4. The molecular formula is C27H25N6O2+. The molecule has 0 fully saturated rings. The Balaban J connectivity index is 1.54. The van der Waals surface area contributed by atoms with E-state index in [1.54, 1.807) is 43.9 Å². The lowest BCUT2D eigenvalue weighted by molar-refractivity contribution is 0.0901. The summed E-state index contributed by atoms with van der Waals surface area (Å²) in [4.78, 5) is 27.3. The summed E-state index contributed by atoms with van der Waals surface area (Å²) in [6, 6.07) is 26.6. The van der Waals surface area contributed by atoms with E-state index in [-0.39, 0.29) is 16.5 Å². The highest BCUT2D eigenvalue weighted by Gasteiger charge is 2.43. The van der Waals surface area contributed by atoms with Gasteiger partial charge in [-0.15, -0.1) is 0 Å². The summed E-state index contributed by atoms with van der Waals surface area (Å²) in [5.41, 5.74) is 6.17. The number of ether oxygens (including phenoxy) is 1. The van der Waals surface area contributed by atoms with Crippen molar-refractivity contribution in [3.8, 4) is 5.75 Å². The quantitative estimate of drug-likeness (QED) is 0.361. The van der Waals surface area contributed by atoms with Gasteiger partial charge in [-0.2, -0.15) is 15.4 Å². The van der Waals surface area contributed by atoms with Gasteiger partial charge in [0.15, 0.2) is 5.69 Å². The normalized spacial score (nSPS) is 16.9. The molecule has 0 bridgehead atoms. The molecular weight excluding hydrogens is 440 g/mol. The molecule has 2 atom stereocenters. The van der Waals surface area contributed by atoms with Crippen LogP contribution in [0.15, 0.2) is 96.1 Å². The molecule has 1 amide bonds. The average molecular weight is 466 g/mol. The van der Waals surface area contributed by atoms with E-state index in [1.807, 2.05) is 67.6 Å². The van der Waals surface area contributed by atoms with Crippen molar-refractivity contribution in [3.63, 3.8) is 0 Å². The number of methoxy groups -OCH3 is 1. The topological polar surface area (TPSA) is 88.5 Å². The van der Waals surface area contributed by atoms with Gasteiger partial charge in [0.25, 0.3) is 5.82 Å². The Labute approximate surface area is 203 Å². The number of hydrogen-bond acceptors (Lipinski definition) is 6. The lowest BCUT2D eigenvalue weighted by Gasteiger charge is -2.28. The van der Waals surface area contributed by atoms with Gasteiger partial charge < -0.3 is 10.1 Å². The van der Waals surface area contributed by atoms with Gasteiger partial charge in [0.1, 0.15) is 11.4 Å². The van der Waals surface area contributed by atoms with E-state index in [0.717, 1.165) is 16.9 Å². The number of anilines is 1. The van der Waals surface area contributed by atoms with Crippen molar-refractivity contribution in [2.24, 2.45) is 4.99 Å². The van der Waals surface area contributed by atoms with Gasteiger partial charge in [-0.1, -0.05) is 59.2 Å². The summed E-state index contributed by atoms with van der Waals surface area (Å²) in [5, 5.41) is 3.36. The summed E-state index contributed by atoms with van der Waals surface area (Å²) >= 11 is 0. The van der Waals surface area contributed by atoms with Crippen LogP contribution < -0.4 is 20.1 Å². The van der Waals surface area contributed by atoms with Gasteiger partial charge in [0.2, 0.25) is 12.3 Å². The standard InChI is InChI=1S/C27H24N6O2/c1-19(20-10-4-3-5-11-20)30-27-28-17-16-25(31-27)33(18-29-22-13-7-8-14-23(22)33)32-26(34)21-12-6-9-15-24(21)35-2/h3-19H,1-2H3,(H-,28,30,31,32,34)/p+1. The molecule has 0 spiro atoms. The minimum atomic E-state index is -0.323. The van der Waals surface area contributed by atoms with Crippen LogP contribution in [0.4, 0.5) is 23.1 Å². The van der Waals surface area contributed by atoms with Gasteiger partial charge in [0.05, 0.1) is 18.7 Å². The molecule has 3 aromatic carbocycles. The minimum absolute atomic E-state index is 0.0115. The number of carbonyl (C=O) groups is 1. The summed E-state index contributed by atoms with van der Waals surface area (Å²) in [7, 11) is 1.54. The number of fused-ring (bicyclic) bond motifs is 1. The van der Waals surface area contributed by atoms with Crippen LogP contribution in [0.2, 0.25) is 0 Å². The van der Waals surface area contributed by atoms with Crippen molar-refractivity contribution in [3.05, 3.63) is 102 Å². The first-order chi connectivity index (χ1) is 17.1. The molecule has 2 unspecified atom stereocenters. The molecule has 4 aromatic rings. The second-order valence-electron chi connectivity index (χ2n) is 8.11. The number of nitrogens with one attached hydrogen (secondary N) is 2. The van der Waals surface area contributed by atoms with Gasteiger partial charge in [-0.3, -0.25) is 4.79 Å². The molecule has 8 nitrogen and oxygen atoms in total. The summed E-state index contributed by atoms with van der Waals surface area (Å²) < 4.78 is 5.22. The second-order valence-corrected chi connectivity index (χ2v) is 8.11. The Kier molecular flexibility index (Phi) is 5.95. The van der Waals surface area contributed by atoms with E-state index in [9.17, 15) is 4.79 Å². The highest BCUT2D eigenvalue weighted by Crippen LogP contribution is 2.42. The molecule has 2 N–H and O–H groups in total. The van der Waals surface area contributed by atoms with E-state index in [0.29, 0.717) is 23.1 Å². The van der Waals surface area contributed by atoms with Crippen LogP contribution in [0.25, 0.3) is 0 Å². The fraction of sp³-hybridized carbons (Fsp3) is 0.111. The number of benzene rings is 3. The summed E-state index contributed by atoms with van der Waals surface area (Å²) in [6.07, 6.45) is 3.34. The van der Waals surface area contributed by atoms with Crippen LogP contribution >= 0.6 is 0 Å². The van der Waals surface area contributed by atoms with Crippen LogP contribution in [0.5, 0.6) is 5.75 Å². The molecule has 1 aromatic heterocycles. The Morgan fingerprint density at radius 1 is 0.943 bits per heavy atom.